The minimum absolute atomic E-state index is 0.150. The highest BCUT2D eigenvalue weighted by atomic mass is 35.5. The Kier molecular flexibility index (Phi) is 5.78. The van der Waals surface area contributed by atoms with Gasteiger partial charge in [0, 0.05) is 16.1 Å². The molecule has 4 aromatic rings. The van der Waals surface area contributed by atoms with Crippen LogP contribution in [0.1, 0.15) is 11.1 Å². The summed E-state index contributed by atoms with van der Waals surface area (Å²) in [6.45, 7) is 3.62. The Morgan fingerprint density at radius 1 is 1.00 bits per heavy atom. The summed E-state index contributed by atoms with van der Waals surface area (Å²) in [5.74, 6) is 0.269. The number of hydrogen-bond donors (Lipinski definition) is 1. The minimum Gasteiger partial charge on any atom is -0.484 e. The fourth-order valence-corrected chi connectivity index (χ4v) is 3.47. The van der Waals surface area contributed by atoms with E-state index >= 15 is 0 Å². The average Bonchev–Trinajstić information content (AvgIpc) is 2.75. The van der Waals surface area contributed by atoms with Crippen molar-refractivity contribution in [2.75, 3.05) is 11.9 Å². The zero-order valence-corrected chi connectivity index (χ0v) is 17.8. The van der Waals surface area contributed by atoms with E-state index in [9.17, 15) is 9.59 Å². The monoisotopic (exact) mass is 433 g/mol. The van der Waals surface area contributed by atoms with Gasteiger partial charge in [0.2, 0.25) is 0 Å². The Morgan fingerprint density at radius 3 is 2.52 bits per heavy atom. The van der Waals surface area contributed by atoms with E-state index < -0.39 is 5.63 Å². The second kappa shape index (κ2) is 8.66. The summed E-state index contributed by atoms with van der Waals surface area (Å²) in [5.41, 5.74) is 3.52. The molecule has 0 aliphatic carbocycles. The Bertz CT molecular complexity index is 1320. The van der Waals surface area contributed by atoms with Gasteiger partial charge in [-0.2, -0.15) is 0 Å². The molecule has 0 aliphatic heterocycles. The van der Waals surface area contributed by atoms with Crippen LogP contribution < -0.4 is 15.7 Å². The molecule has 6 heteroatoms. The predicted octanol–water partition coefficient (Wildman–Crippen LogP) is 5.75. The molecule has 0 radical (unpaired) electrons. The minimum atomic E-state index is -0.431. The highest BCUT2D eigenvalue weighted by Crippen LogP contribution is 2.26. The van der Waals surface area contributed by atoms with E-state index in [2.05, 4.69) is 5.32 Å². The molecule has 3 aromatic carbocycles. The number of hydrogen-bond acceptors (Lipinski definition) is 4. The van der Waals surface area contributed by atoms with Crippen molar-refractivity contribution in [3.63, 3.8) is 0 Å². The summed E-state index contributed by atoms with van der Waals surface area (Å²) in [7, 11) is 0. The van der Waals surface area contributed by atoms with Crippen LogP contribution in [0.25, 0.3) is 22.1 Å². The van der Waals surface area contributed by atoms with E-state index in [-0.39, 0.29) is 12.5 Å². The van der Waals surface area contributed by atoms with Crippen LogP contribution in [-0.2, 0) is 4.79 Å². The summed E-state index contributed by atoms with van der Waals surface area (Å²) in [6, 6.07) is 19.8. The molecule has 0 bridgehead atoms. The van der Waals surface area contributed by atoms with E-state index in [1.807, 2.05) is 32.0 Å². The van der Waals surface area contributed by atoms with Crippen molar-refractivity contribution >= 4 is 34.2 Å². The van der Waals surface area contributed by atoms with Gasteiger partial charge in [-0.25, -0.2) is 4.79 Å². The lowest BCUT2D eigenvalue weighted by atomic mass is 10.1. The molecule has 0 aliphatic rings. The first-order valence-corrected chi connectivity index (χ1v) is 10.1. The zero-order valence-electron chi connectivity index (χ0n) is 17.1. The highest BCUT2D eigenvalue weighted by molar-refractivity contribution is 6.32. The van der Waals surface area contributed by atoms with Crippen LogP contribution >= 0.6 is 11.6 Å². The molecule has 0 atom stereocenters. The number of anilines is 1. The molecule has 0 saturated carbocycles. The lowest BCUT2D eigenvalue weighted by Gasteiger charge is -2.11. The van der Waals surface area contributed by atoms with Gasteiger partial charge in [0.05, 0.1) is 5.56 Å². The standard InChI is InChI=1S/C25H20ClNO4/c1-15-10-20(11-16(2)24(15)26)30-14-23(28)27-19-8-5-7-17(12-19)21-13-18-6-3-4-9-22(18)31-25(21)29/h3-13H,14H2,1-2H3,(H,27,28). The van der Waals surface area contributed by atoms with Crippen LogP contribution in [0.3, 0.4) is 0 Å². The number of amides is 1. The molecule has 0 saturated heterocycles. The lowest BCUT2D eigenvalue weighted by molar-refractivity contribution is -0.118. The number of benzene rings is 3. The number of ether oxygens (including phenoxy) is 1. The van der Waals surface area contributed by atoms with Crippen LogP contribution in [0, 0.1) is 13.8 Å². The number of aryl methyl sites for hydroxylation is 2. The Hall–Kier alpha value is -3.57. The van der Waals surface area contributed by atoms with Gasteiger partial charge in [-0.05, 0) is 66.9 Å². The third-order valence-corrected chi connectivity index (χ3v) is 5.47. The summed E-state index contributed by atoms with van der Waals surface area (Å²) in [6.07, 6.45) is 0. The van der Waals surface area contributed by atoms with Crippen LogP contribution in [0.4, 0.5) is 5.69 Å². The molecule has 31 heavy (non-hydrogen) atoms. The van der Waals surface area contributed by atoms with Gasteiger partial charge in [0.1, 0.15) is 11.3 Å². The number of rotatable bonds is 5. The van der Waals surface area contributed by atoms with E-state index in [0.717, 1.165) is 16.5 Å². The van der Waals surface area contributed by atoms with Crippen molar-refractivity contribution < 1.29 is 13.9 Å². The second-order valence-corrected chi connectivity index (χ2v) is 7.65. The smallest absolute Gasteiger partial charge is 0.344 e. The highest BCUT2D eigenvalue weighted by Gasteiger charge is 2.10. The maximum absolute atomic E-state index is 12.4. The van der Waals surface area contributed by atoms with Crippen LogP contribution in [0.2, 0.25) is 5.02 Å². The van der Waals surface area contributed by atoms with Gasteiger partial charge < -0.3 is 14.5 Å². The number of carbonyl (C=O) groups excluding carboxylic acids is 1. The maximum atomic E-state index is 12.4. The van der Waals surface area contributed by atoms with Crippen molar-refractivity contribution in [2.24, 2.45) is 0 Å². The molecule has 156 valence electrons. The van der Waals surface area contributed by atoms with Crippen molar-refractivity contribution in [1.82, 2.24) is 0 Å². The molecule has 1 heterocycles. The van der Waals surface area contributed by atoms with Gasteiger partial charge in [-0.15, -0.1) is 0 Å². The third kappa shape index (κ3) is 4.62. The Morgan fingerprint density at radius 2 is 1.74 bits per heavy atom. The fraction of sp³-hybridized carbons (Fsp3) is 0.120. The van der Waals surface area contributed by atoms with Gasteiger partial charge in [0.15, 0.2) is 6.61 Å². The van der Waals surface area contributed by atoms with Crippen LogP contribution in [0.15, 0.2) is 75.9 Å². The predicted molar refractivity (Wildman–Crippen MR) is 123 cm³/mol. The number of para-hydroxylation sites is 1. The quantitative estimate of drug-likeness (QED) is 0.407. The largest absolute Gasteiger partial charge is 0.484 e. The molecule has 0 spiro atoms. The number of fused-ring (bicyclic) bond motifs is 1. The molecule has 1 amide bonds. The van der Waals surface area contributed by atoms with E-state index in [1.54, 1.807) is 48.5 Å². The van der Waals surface area contributed by atoms with E-state index in [4.69, 9.17) is 20.8 Å². The summed E-state index contributed by atoms with van der Waals surface area (Å²) in [4.78, 5) is 24.8. The first-order valence-electron chi connectivity index (χ1n) is 9.73. The molecule has 0 unspecified atom stereocenters. The molecular weight excluding hydrogens is 414 g/mol. The topological polar surface area (TPSA) is 68.5 Å². The fourth-order valence-electron chi connectivity index (χ4n) is 3.36. The van der Waals surface area contributed by atoms with Crippen LogP contribution in [-0.4, -0.2) is 12.5 Å². The first-order chi connectivity index (χ1) is 14.9. The third-order valence-electron chi connectivity index (χ3n) is 4.88. The molecular formula is C25H20ClNO4. The van der Waals surface area contributed by atoms with E-state index in [1.165, 1.54) is 0 Å². The normalized spacial score (nSPS) is 10.8. The maximum Gasteiger partial charge on any atom is 0.344 e. The summed E-state index contributed by atoms with van der Waals surface area (Å²) in [5, 5.41) is 4.31. The van der Waals surface area contributed by atoms with Crippen molar-refractivity contribution in [2.45, 2.75) is 13.8 Å². The zero-order chi connectivity index (χ0) is 22.0. The Labute approximate surface area is 184 Å². The molecule has 4 rings (SSSR count). The SMILES string of the molecule is Cc1cc(OCC(=O)Nc2cccc(-c3cc4ccccc4oc3=O)c2)cc(C)c1Cl. The second-order valence-electron chi connectivity index (χ2n) is 7.27. The van der Waals surface area contributed by atoms with Gasteiger partial charge in [-0.3, -0.25) is 4.79 Å². The van der Waals surface area contributed by atoms with Gasteiger partial charge >= 0.3 is 5.63 Å². The Balaban J connectivity index is 1.49. The molecule has 5 nitrogen and oxygen atoms in total. The number of carbonyl (C=O) groups is 1. The molecule has 0 fully saturated rings. The summed E-state index contributed by atoms with van der Waals surface area (Å²) < 4.78 is 11.0. The van der Waals surface area contributed by atoms with Crippen molar-refractivity contribution in [3.05, 3.63) is 93.3 Å². The molecule has 1 aromatic heterocycles. The average molecular weight is 434 g/mol. The van der Waals surface area contributed by atoms with Gasteiger partial charge in [-0.1, -0.05) is 41.9 Å². The lowest BCUT2D eigenvalue weighted by Crippen LogP contribution is -2.20. The van der Waals surface area contributed by atoms with E-state index in [0.29, 0.717) is 33.2 Å². The van der Waals surface area contributed by atoms with Crippen LogP contribution in [0.5, 0.6) is 5.75 Å². The summed E-state index contributed by atoms with van der Waals surface area (Å²) >= 11 is 6.16. The van der Waals surface area contributed by atoms with Crippen molar-refractivity contribution in [1.29, 1.82) is 0 Å². The number of halogens is 1. The first kappa shape index (κ1) is 20.7. The molecule has 1 N–H and O–H groups in total. The number of nitrogens with one attached hydrogen (secondary N) is 1. The van der Waals surface area contributed by atoms with Gasteiger partial charge in [0.25, 0.3) is 5.91 Å². The van der Waals surface area contributed by atoms with Crippen molar-refractivity contribution in [3.8, 4) is 16.9 Å².